The van der Waals surface area contributed by atoms with Crippen molar-refractivity contribution in [3.8, 4) is 11.1 Å². The van der Waals surface area contributed by atoms with Crippen LogP contribution in [0.1, 0.15) is 49.7 Å². The number of carboxylic acid groups (broad SMARTS) is 1. The number of fused-ring (bicyclic) bond motifs is 3. The molecule has 2 N–H and O–H groups in total. The fourth-order valence-electron chi connectivity index (χ4n) is 5.71. The fraction of sp³-hybridized carbons (Fsp3) is 0.444. The number of hydrogen-bond donors (Lipinski definition) is 2. The Bertz CT molecular complexity index is 1080. The molecule has 34 heavy (non-hydrogen) atoms. The number of alkyl carbamates (subject to hydrolysis) is 1. The number of carbonyl (C=O) groups is 3. The minimum Gasteiger partial charge on any atom is -0.481 e. The molecule has 2 aromatic rings. The molecule has 7 heteroatoms. The third-order valence-corrected chi connectivity index (χ3v) is 7.76. The van der Waals surface area contributed by atoms with Gasteiger partial charge in [0.05, 0.1) is 11.3 Å². The average Bonchev–Trinajstić information content (AvgIpc) is 3.41. The Hall–Kier alpha value is -3.35. The molecule has 0 radical (unpaired) electrons. The maximum atomic E-state index is 13.3. The molecule has 1 heterocycles. The van der Waals surface area contributed by atoms with Gasteiger partial charge in [0, 0.05) is 25.0 Å². The van der Waals surface area contributed by atoms with Gasteiger partial charge in [-0.25, -0.2) is 4.79 Å². The van der Waals surface area contributed by atoms with Crippen molar-refractivity contribution in [3.63, 3.8) is 0 Å². The first kappa shape index (κ1) is 22.4. The summed E-state index contributed by atoms with van der Waals surface area (Å²) in [6.07, 6.45) is 1.95. The van der Waals surface area contributed by atoms with Crippen LogP contribution in [-0.4, -0.2) is 53.7 Å². The lowest BCUT2D eigenvalue weighted by Crippen LogP contribution is -2.46. The second kappa shape index (κ2) is 8.78. The summed E-state index contributed by atoms with van der Waals surface area (Å²) < 4.78 is 5.61. The number of aliphatic carboxylic acids is 1. The molecule has 2 amide bonds. The van der Waals surface area contributed by atoms with Crippen molar-refractivity contribution in [2.24, 2.45) is 11.3 Å². The number of amides is 2. The summed E-state index contributed by atoms with van der Waals surface area (Å²) in [4.78, 5) is 39.1. The third kappa shape index (κ3) is 3.83. The SMILES string of the molecule is CCC1C(C(=O)O)CCN1C(=O)C1(CNC(=O)OCC2c3ccccc3-c3ccccc32)CC1. The number of carbonyl (C=O) groups excluding carboxylic acids is 2. The first-order valence-electron chi connectivity index (χ1n) is 12.1. The number of nitrogens with zero attached hydrogens (tertiary/aromatic N) is 1. The van der Waals surface area contributed by atoms with E-state index in [9.17, 15) is 19.5 Å². The Morgan fingerprint density at radius 1 is 1.06 bits per heavy atom. The molecule has 0 bridgehead atoms. The number of carboxylic acids is 1. The molecule has 3 aliphatic rings. The maximum absolute atomic E-state index is 13.3. The van der Waals surface area contributed by atoms with Crippen molar-refractivity contribution in [1.82, 2.24) is 10.2 Å². The molecule has 1 aliphatic heterocycles. The monoisotopic (exact) mass is 462 g/mol. The number of rotatable bonds is 7. The summed E-state index contributed by atoms with van der Waals surface area (Å²) in [7, 11) is 0. The van der Waals surface area contributed by atoms with Crippen LogP contribution in [0.5, 0.6) is 0 Å². The first-order chi connectivity index (χ1) is 16.4. The van der Waals surface area contributed by atoms with Gasteiger partial charge in [-0.2, -0.15) is 0 Å². The van der Waals surface area contributed by atoms with Gasteiger partial charge < -0.3 is 20.1 Å². The van der Waals surface area contributed by atoms with Crippen LogP contribution in [0.2, 0.25) is 0 Å². The van der Waals surface area contributed by atoms with E-state index in [0.29, 0.717) is 32.2 Å². The molecule has 7 nitrogen and oxygen atoms in total. The van der Waals surface area contributed by atoms with Crippen molar-refractivity contribution in [2.45, 2.75) is 44.6 Å². The third-order valence-electron chi connectivity index (χ3n) is 7.76. The first-order valence-corrected chi connectivity index (χ1v) is 12.1. The van der Waals surface area contributed by atoms with Gasteiger partial charge in [0.15, 0.2) is 0 Å². The molecule has 1 saturated carbocycles. The normalized spacial score (nSPS) is 22.1. The smallest absolute Gasteiger partial charge is 0.407 e. The van der Waals surface area contributed by atoms with E-state index in [2.05, 4.69) is 29.6 Å². The highest BCUT2D eigenvalue weighted by Gasteiger charge is 2.54. The molecule has 2 aromatic carbocycles. The zero-order valence-electron chi connectivity index (χ0n) is 19.3. The van der Waals surface area contributed by atoms with Crippen LogP contribution in [0.25, 0.3) is 11.1 Å². The Morgan fingerprint density at radius 2 is 1.68 bits per heavy atom. The van der Waals surface area contributed by atoms with Crippen LogP contribution in [0.15, 0.2) is 48.5 Å². The lowest BCUT2D eigenvalue weighted by atomic mass is 9.97. The van der Waals surface area contributed by atoms with Gasteiger partial charge in [0.2, 0.25) is 5.91 Å². The zero-order chi connectivity index (χ0) is 23.9. The molecule has 2 unspecified atom stereocenters. The summed E-state index contributed by atoms with van der Waals surface area (Å²) in [6, 6.07) is 16.1. The number of hydrogen-bond acceptors (Lipinski definition) is 4. The summed E-state index contributed by atoms with van der Waals surface area (Å²) in [5.74, 6) is -1.41. The van der Waals surface area contributed by atoms with Gasteiger partial charge in [0.25, 0.3) is 0 Å². The molecule has 178 valence electrons. The van der Waals surface area contributed by atoms with Gasteiger partial charge in [-0.05, 0) is 47.9 Å². The van der Waals surface area contributed by atoms with Crippen LogP contribution in [0.3, 0.4) is 0 Å². The van der Waals surface area contributed by atoms with Crippen LogP contribution >= 0.6 is 0 Å². The Morgan fingerprint density at radius 3 is 2.24 bits per heavy atom. The predicted octanol–water partition coefficient (Wildman–Crippen LogP) is 4.02. The molecular formula is C27H30N2O5. The molecule has 5 rings (SSSR count). The minimum atomic E-state index is -0.844. The zero-order valence-corrected chi connectivity index (χ0v) is 19.3. The summed E-state index contributed by atoms with van der Waals surface area (Å²) in [6.45, 7) is 2.82. The highest BCUT2D eigenvalue weighted by atomic mass is 16.5. The van der Waals surface area contributed by atoms with Gasteiger partial charge in [-0.3, -0.25) is 9.59 Å². The Labute approximate surface area is 199 Å². The highest BCUT2D eigenvalue weighted by molar-refractivity contribution is 5.88. The van der Waals surface area contributed by atoms with E-state index in [4.69, 9.17) is 4.74 Å². The number of ether oxygens (including phenoxy) is 1. The molecule has 0 spiro atoms. The van der Waals surface area contributed by atoms with Crippen molar-refractivity contribution in [3.05, 3.63) is 59.7 Å². The summed E-state index contributed by atoms with van der Waals surface area (Å²) in [5, 5.41) is 12.3. The van der Waals surface area contributed by atoms with E-state index in [1.54, 1.807) is 4.90 Å². The predicted molar refractivity (Wildman–Crippen MR) is 126 cm³/mol. The quantitative estimate of drug-likeness (QED) is 0.648. The van der Waals surface area contributed by atoms with E-state index in [-0.39, 0.29) is 31.0 Å². The minimum absolute atomic E-state index is 0.0162. The summed E-state index contributed by atoms with van der Waals surface area (Å²) >= 11 is 0. The lowest BCUT2D eigenvalue weighted by molar-refractivity contribution is -0.144. The van der Waals surface area contributed by atoms with E-state index >= 15 is 0 Å². The van der Waals surface area contributed by atoms with Crippen LogP contribution in [0, 0.1) is 11.3 Å². The lowest BCUT2D eigenvalue weighted by Gasteiger charge is -2.29. The molecule has 0 aromatic heterocycles. The topological polar surface area (TPSA) is 95.9 Å². The maximum Gasteiger partial charge on any atom is 0.407 e. The Kier molecular flexibility index (Phi) is 5.80. The van der Waals surface area contributed by atoms with Gasteiger partial charge in [0.1, 0.15) is 6.61 Å². The van der Waals surface area contributed by atoms with Crippen LogP contribution in [-0.2, 0) is 14.3 Å². The molecule has 2 fully saturated rings. The highest BCUT2D eigenvalue weighted by Crippen LogP contribution is 2.48. The van der Waals surface area contributed by atoms with Gasteiger partial charge in [-0.1, -0.05) is 55.5 Å². The second-order valence-corrected chi connectivity index (χ2v) is 9.67. The molecule has 2 aliphatic carbocycles. The summed E-state index contributed by atoms with van der Waals surface area (Å²) in [5.41, 5.74) is 4.01. The number of benzene rings is 2. The standard InChI is InChI=1S/C27H30N2O5/c1-2-23-21(24(30)31)11-14-29(23)25(32)27(12-13-27)16-28-26(33)34-15-22-19-9-5-3-7-17(19)18-8-4-6-10-20(18)22/h3-10,21-23H,2,11-16H2,1H3,(H,28,33)(H,30,31). The van der Waals surface area contributed by atoms with Crippen LogP contribution in [0.4, 0.5) is 4.79 Å². The Balaban J connectivity index is 1.19. The van der Waals surface area contributed by atoms with Gasteiger partial charge >= 0.3 is 12.1 Å². The van der Waals surface area contributed by atoms with E-state index in [1.165, 1.54) is 11.1 Å². The average molecular weight is 463 g/mol. The van der Waals surface area contributed by atoms with E-state index < -0.39 is 23.4 Å². The fourth-order valence-corrected chi connectivity index (χ4v) is 5.71. The molecular weight excluding hydrogens is 432 g/mol. The largest absolute Gasteiger partial charge is 0.481 e. The number of nitrogens with one attached hydrogen (secondary N) is 1. The molecule has 2 atom stereocenters. The van der Waals surface area contributed by atoms with Crippen molar-refractivity contribution in [1.29, 1.82) is 0 Å². The van der Waals surface area contributed by atoms with E-state index in [1.807, 2.05) is 31.2 Å². The van der Waals surface area contributed by atoms with Crippen molar-refractivity contribution in [2.75, 3.05) is 19.7 Å². The van der Waals surface area contributed by atoms with E-state index in [0.717, 1.165) is 11.1 Å². The number of likely N-dealkylation sites (tertiary alicyclic amines) is 1. The van der Waals surface area contributed by atoms with Crippen molar-refractivity contribution < 1.29 is 24.2 Å². The van der Waals surface area contributed by atoms with Crippen LogP contribution < -0.4 is 5.32 Å². The van der Waals surface area contributed by atoms with Gasteiger partial charge in [-0.15, -0.1) is 0 Å². The molecule has 1 saturated heterocycles. The van der Waals surface area contributed by atoms with Crippen molar-refractivity contribution >= 4 is 18.0 Å². The second-order valence-electron chi connectivity index (χ2n) is 9.67.